The van der Waals surface area contributed by atoms with Crippen molar-refractivity contribution in [1.29, 1.82) is 0 Å². The van der Waals surface area contributed by atoms with Crippen molar-refractivity contribution in [3.8, 4) is 0 Å². The third-order valence-electron chi connectivity index (χ3n) is 7.01. The van der Waals surface area contributed by atoms with E-state index in [1.165, 1.54) is 16.7 Å². The molecule has 2 N–H and O–H groups in total. The largest absolute Gasteiger partial charge is 0.474 e. The lowest BCUT2D eigenvalue weighted by Gasteiger charge is -2.55. The number of fused-ring (bicyclic) bond motifs is 3. The molecule has 2 aliphatic rings. The summed E-state index contributed by atoms with van der Waals surface area (Å²) in [6.45, 7) is 9.51. The Kier molecular flexibility index (Phi) is 4.89. The second kappa shape index (κ2) is 6.71. The number of rotatable bonds is 3. The molecule has 3 atom stereocenters. The number of carbonyl (C=O) groups excluding carboxylic acids is 1. The van der Waals surface area contributed by atoms with E-state index in [9.17, 15) is 9.59 Å². The van der Waals surface area contributed by atoms with Gasteiger partial charge < -0.3 is 10.4 Å². The molecule has 1 unspecified atom stereocenters. The highest BCUT2D eigenvalue weighted by molar-refractivity contribution is 6.31. The van der Waals surface area contributed by atoms with E-state index in [0.717, 1.165) is 32.1 Å². The fraction of sp³-hybridized carbons (Fsp3) is 0.636. The van der Waals surface area contributed by atoms with Crippen molar-refractivity contribution in [2.75, 3.05) is 6.54 Å². The van der Waals surface area contributed by atoms with Crippen molar-refractivity contribution in [3.05, 3.63) is 34.9 Å². The molecule has 2 aliphatic carbocycles. The van der Waals surface area contributed by atoms with Crippen LogP contribution in [0.2, 0.25) is 0 Å². The first kappa shape index (κ1) is 18.9. The number of carboxylic acids is 1. The molecule has 4 heteroatoms. The molecule has 0 aromatic heterocycles. The number of amides is 1. The smallest absolute Gasteiger partial charge is 0.394 e. The molecule has 0 radical (unpaired) electrons. The average Bonchev–Trinajstić information content (AvgIpc) is 2.59. The van der Waals surface area contributed by atoms with Crippen molar-refractivity contribution in [2.24, 2.45) is 11.3 Å². The highest BCUT2D eigenvalue weighted by Gasteiger charge is 2.51. The minimum atomic E-state index is -1.40. The van der Waals surface area contributed by atoms with E-state index >= 15 is 0 Å². The zero-order valence-electron chi connectivity index (χ0n) is 16.4. The van der Waals surface area contributed by atoms with Gasteiger partial charge in [0.2, 0.25) is 0 Å². The minimum Gasteiger partial charge on any atom is -0.474 e. The molecule has 1 amide bonds. The lowest BCUT2D eigenvalue weighted by atomic mass is 9.49. The van der Waals surface area contributed by atoms with Gasteiger partial charge in [-0.15, -0.1) is 0 Å². The third-order valence-corrected chi connectivity index (χ3v) is 7.01. The summed E-state index contributed by atoms with van der Waals surface area (Å²) < 4.78 is 0. The number of aliphatic carboxylic acids is 1. The molecule has 1 fully saturated rings. The summed E-state index contributed by atoms with van der Waals surface area (Å²) >= 11 is 0. The van der Waals surface area contributed by atoms with Crippen LogP contribution in [0.15, 0.2) is 18.2 Å². The molecule has 26 heavy (non-hydrogen) atoms. The van der Waals surface area contributed by atoms with Crippen LogP contribution in [0, 0.1) is 11.3 Å². The van der Waals surface area contributed by atoms with Crippen LogP contribution in [0.5, 0.6) is 0 Å². The number of hydrogen-bond donors (Lipinski definition) is 2. The van der Waals surface area contributed by atoms with Crippen LogP contribution in [0.3, 0.4) is 0 Å². The van der Waals surface area contributed by atoms with Crippen LogP contribution in [-0.4, -0.2) is 23.5 Å². The van der Waals surface area contributed by atoms with Gasteiger partial charge in [-0.25, -0.2) is 4.79 Å². The van der Waals surface area contributed by atoms with E-state index in [-0.39, 0.29) is 10.8 Å². The highest BCUT2D eigenvalue weighted by Crippen LogP contribution is 2.57. The number of benzene rings is 1. The molecule has 0 bridgehead atoms. The maximum absolute atomic E-state index is 11.6. The van der Waals surface area contributed by atoms with Crippen LogP contribution < -0.4 is 5.32 Å². The van der Waals surface area contributed by atoms with Crippen molar-refractivity contribution in [1.82, 2.24) is 5.32 Å². The van der Waals surface area contributed by atoms with Gasteiger partial charge >= 0.3 is 11.9 Å². The topological polar surface area (TPSA) is 66.4 Å². The predicted octanol–water partition coefficient (Wildman–Crippen LogP) is 4.02. The number of carboxylic acid groups (broad SMARTS) is 1. The molecule has 1 aromatic carbocycles. The summed E-state index contributed by atoms with van der Waals surface area (Å²) in [6, 6.07) is 6.99. The summed E-state index contributed by atoms with van der Waals surface area (Å²) in [7, 11) is 0. The summed E-state index contributed by atoms with van der Waals surface area (Å²) in [4.78, 5) is 22.4. The van der Waals surface area contributed by atoms with Gasteiger partial charge in [0.1, 0.15) is 0 Å². The summed E-state index contributed by atoms with van der Waals surface area (Å²) in [5.74, 6) is -1.30. The molecule has 142 valence electrons. The quantitative estimate of drug-likeness (QED) is 0.803. The lowest BCUT2D eigenvalue weighted by Crippen LogP contribution is -2.53. The first-order valence-corrected chi connectivity index (χ1v) is 9.82. The first-order chi connectivity index (χ1) is 12.2. The summed E-state index contributed by atoms with van der Waals surface area (Å²) in [6.07, 6.45) is 5.47. The zero-order valence-corrected chi connectivity index (χ0v) is 16.4. The summed E-state index contributed by atoms with van der Waals surface area (Å²) in [5, 5.41) is 11.5. The van der Waals surface area contributed by atoms with E-state index < -0.39 is 11.9 Å². The Hall–Kier alpha value is -1.84. The molecule has 3 rings (SSSR count). The van der Waals surface area contributed by atoms with Crippen LogP contribution in [0.1, 0.15) is 76.0 Å². The van der Waals surface area contributed by atoms with Crippen molar-refractivity contribution < 1.29 is 14.7 Å². The van der Waals surface area contributed by atoms with E-state index in [0.29, 0.717) is 18.4 Å². The molecule has 1 saturated carbocycles. The Labute approximate surface area is 156 Å². The van der Waals surface area contributed by atoms with Gasteiger partial charge in [-0.05, 0) is 65.0 Å². The molecule has 0 heterocycles. The Morgan fingerprint density at radius 3 is 2.65 bits per heavy atom. The lowest BCUT2D eigenvalue weighted by molar-refractivity contribution is -0.150. The highest BCUT2D eigenvalue weighted by atomic mass is 16.4. The van der Waals surface area contributed by atoms with Gasteiger partial charge in [-0.2, -0.15) is 0 Å². The summed E-state index contributed by atoms with van der Waals surface area (Å²) in [5.41, 5.74) is 4.39. The molecule has 0 spiro atoms. The van der Waals surface area contributed by atoms with Gasteiger partial charge in [0.15, 0.2) is 0 Å². The molecular weight excluding hydrogens is 326 g/mol. The molecule has 0 saturated heterocycles. The molecule has 0 aliphatic heterocycles. The Bertz CT molecular complexity index is 726. The van der Waals surface area contributed by atoms with E-state index in [2.05, 4.69) is 51.2 Å². The SMILES string of the molecule is CC(C)c1ccc2c(c1)CCC1[C@](C)(CNC(=O)C(=O)O)CCC[C@]21C. The molecule has 1 aromatic rings. The number of nitrogens with one attached hydrogen (secondary N) is 1. The van der Waals surface area contributed by atoms with Crippen LogP contribution in [0.4, 0.5) is 0 Å². The number of hydrogen-bond acceptors (Lipinski definition) is 2. The first-order valence-electron chi connectivity index (χ1n) is 9.82. The van der Waals surface area contributed by atoms with E-state index in [1.807, 2.05) is 0 Å². The van der Waals surface area contributed by atoms with Gasteiger partial charge in [0, 0.05) is 6.54 Å². The molecular formula is C22H31NO3. The monoisotopic (exact) mass is 357 g/mol. The Morgan fingerprint density at radius 2 is 2.00 bits per heavy atom. The van der Waals surface area contributed by atoms with Gasteiger partial charge in [-0.3, -0.25) is 4.79 Å². The normalized spacial score (nSPS) is 30.4. The van der Waals surface area contributed by atoms with Crippen molar-refractivity contribution in [2.45, 2.75) is 71.1 Å². The van der Waals surface area contributed by atoms with Crippen LogP contribution >= 0.6 is 0 Å². The standard InChI is InChI=1S/C22H31NO3/c1-14(2)15-6-8-17-16(12-15)7-9-18-21(3,10-5-11-22(17,18)4)13-23-19(24)20(25)26/h6,8,12,14,18H,5,7,9-11,13H2,1-4H3,(H,23,24)(H,25,26)/t18?,21-,22+/m0/s1. The second-order valence-electron chi connectivity index (χ2n) is 9.08. The van der Waals surface area contributed by atoms with Gasteiger partial charge in [-0.1, -0.05) is 52.3 Å². The van der Waals surface area contributed by atoms with Gasteiger partial charge in [0.05, 0.1) is 0 Å². The minimum absolute atomic E-state index is 0.0630. The van der Waals surface area contributed by atoms with Crippen molar-refractivity contribution in [3.63, 3.8) is 0 Å². The van der Waals surface area contributed by atoms with Crippen molar-refractivity contribution >= 4 is 11.9 Å². The Morgan fingerprint density at radius 1 is 1.27 bits per heavy atom. The number of carbonyl (C=O) groups is 2. The van der Waals surface area contributed by atoms with E-state index in [1.54, 1.807) is 0 Å². The van der Waals surface area contributed by atoms with E-state index in [4.69, 9.17) is 5.11 Å². The maximum atomic E-state index is 11.6. The fourth-order valence-electron chi connectivity index (χ4n) is 5.57. The van der Waals surface area contributed by atoms with Gasteiger partial charge in [0.25, 0.3) is 0 Å². The van der Waals surface area contributed by atoms with Crippen LogP contribution in [0.25, 0.3) is 0 Å². The fourth-order valence-corrected chi connectivity index (χ4v) is 5.57. The zero-order chi connectivity index (χ0) is 19.1. The second-order valence-corrected chi connectivity index (χ2v) is 9.08. The third kappa shape index (κ3) is 3.15. The predicted molar refractivity (Wildman–Crippen MR) is 102 cm³/mol. The maximum Gasteiger partial charge on any atom is 0.394 e. The van der Waals surface area contributed by atoms with Crippen LogP contribution in [-0.2, 0) is 21.4 Å². The number of aryl methyl sites for hydroxylation is 1. The molecule has 4 nitrogen and oxygen atoms in total. The average molecular weight is 357 g/mol. The Balaban J connectivity index is 1.90.